The molecule has 2 saturated heterocycles. The summed E-state index contributed by atoms with van der Waals surface area (Å²) < 4.78 is 0. The van der Waals surface area contributed by atoms with Crippen LogP contribution in [0, 0.1) is 12.8 Å². The van der Waals surface area contributed by atoms with E-state index in [4.69, 9.17) is 4.98 Å². The van der Waals surface area contributed by atoms with E-state index >= 15 is 0 Å². The molecule has 2 aliphatic rings. The molecule has 2 aliphatic heterocycles. The molecule has 1 N–H and O–H groups in total. The number of nitrogens with zero attached hydrogens (tertiary/aromatic N) is 6. The van der Waals surface area contributed by atoms with Crippen molar-refractivity contribution in [3.63, 3.8) is 0 Å². The Labute approximate surface area is 184 Å². The zero-order chi connectivity index (χ0) is 21.8. The Morgan fingerprint density at radius 1 is 0.968 bits per heavy atom. The predicted molar refractivity (Wildman–Crippen MR) is 125 cm³/mol. The predicted octanol–water partition coefficient (Wildman–Crippen LogP) is 3.57. The van der Waals surface area contributed by atoms with Crippen molar-refractivity contribution in [3.8, 4) is 0 Å². The minimum absolute atomic E-state index is 0.283. The van der Waals surface area contributed by atoms with E-state index in [0.29, 0.717) is 11.8 Å². The molecule has 164 valence electrons. The van der Waals surface area contributed by atoms with Crippen molar-refractivity contribution in [1.82, 2.24) is 19.9 Å². The number of fused-ring (bicyclic) bond motifs is 1. The van der Waals surface area contributed by atoms with Gasteiger partial charge in [0.15, 0.2) is 5.82 Å². The molecule has 0 spiro atoms. The Morgan fingerprint density at radius 3 is 2.45 bits per heavy atom. The second-order valence-electron chi connectivity index (χ2n) is 8.20. The first kappa shape index (κ1) is 21.4. The fraction of sp³-hybridized carbons (Fsp3) is 0.500. The number of aliphatic hydroxyl groups excluding tert-OH is 1. The highest BCUT2D eigenvalue weighted by Gasteiger charge is 2.34. The third-order valence-electron chi connectivity index (χ3n) is 6.16. The molecule has 31 heavy (non-hydrogen) atoms. The highest BCUT2D eigenvalue weighted by molar-refractivity contribution is 5.76. The highest BCUT2D eigenvalue weighted by Crippen LogP contribution is 2.35. The largest absolute Gasteiger partial charge is 0.396 e. The van der Waals surface area contributed by atoms with Gasteiger partial charge in [0.2, 0.25) is 0 Å². The first-order valence-corrected chi connectivity index (χ1v) is 11.4. The van der Waals surface area contributed by atoms with Crippen LogP contribution in [0.15, 0.2) is 36.8 Å². The van der Waals surface area contributed by atoms with Gasteiger partial charge in [-0.25, -0.2) is 9.97 Å². The molecule has 0 aliphatic carbocycles. The SMILES string of the molecule is CC.Cc1ccc2ncc(N3CC(c4nccnc4N4CCC(CO)CC4)C3)nc2c1. The maximum absolute atomic E-state index is 9.39. The lowest BCUT2D eigenvalue weighted by Gasteiger charge is -2.41. The average Bonchev–Trinajstić information content (AvgIpc) is 2.79. The summed E-state index contributed by atoms with van der Waals surface area (Å²) in [5, 5.41) is 9.39. The second kappa shape index (κ2) is 9.56. The molecule has 0 amide bonds. The Bertz CT molecular complexity index is 1010. The molecule has 7 heteroatoms. The lowest BCUT2D eigenvalue weighted by molar-refractivity contribution is 0.202. The van der Waals surface area contributed by atoms with Crippen molar-refractivity contribution in [3.05, 3.63) is 48.0 Å². The standard InChI is InChI=1S/C22H26N6O.C2H6/c1-15-2-3-18-19(10-15)26-20(11-25-18)28-12-17(13-28)21-22(24-7-6-23-21)27-8-4-16(14-29)5-9-27;1-2/h2-3,6-7,10-11,16-17,29H,4-5,8-9,12-14H2,1H3;1-2H3. The van der Waals surface area contributed by atoms with Gasteiger partial charge in [-0.1, -0.05) is 19.9 Å². The van der Waals surface area contributed by atoms with Crippen molar-refractivity contribution >= 4 is 22.7 Å². The van der Waals surface area contributed by atoms with Crippen molar-refractivity contribution in [1.29, 1.82) is 0 Å². The fourth-order valence-corrected chi connectivity index (χ4v) is 4.30. The van der Waals surface area contributed by atoms with E-state index in [1.54, 1.807) is 12.4 Å². The molecule has 3 aromatic rings. The number of hydrogen-bond acceptors (Lipinski definition) is 7. The van der Waals surface area contributed by atoms with E-state index in [9.17, 15) is 5.11 Å². The van der Waals surface area contributed by atoms with Crippen LogP contribution in [0.5, 0.6) is 0 Å². The summed E-state index contributed by atoms with van der Waals surface area (Å²) in [6.45, 7) is 9.98. The van der Waals surface area contributed by atoms with Crippen LogP contribution >= 0.6 is 0 Å². The van der Waals surface area contributed by atoms with Crippen molar-refractivity contribution in [2.45, 2.75) is 39.5 Å². The van der Waals surface area contributed by atoms with Gasteiger partial charge in [-0.2, -0.15) is 0 Å². The average molecular weight is 421 g/mol. The van der Waals surface area contributed by atoms with Crippen LogP contribution in [-0.2, 0) is 0 Å². The van der Waals surface area contributed by atoms with Gasteiger partial charge in [0.25, 0.3) is 0 Å². The van der Waals surface area contributed by atoms with E-state index < -0.39 is 0 Å². The van der Waals surface area contributed by atoms with Gasteiger partial charge in [-0.15, -0.1) is 0 Å². The Balaban J connectivity index is 0.00000112. The number of aromatic nitrogens is 4. The molecule has 0 bridgehead atoms. The topological polar surface area (TPSA) is 78.3 Å². The van der Waals surface area contributed by atoms with E-state index in [1.807, 2.05) is 26.1 Å². The van der Waals surface area contributed by atoms with Gasteiger partial charge < -0.3 is 14.9 Å². The summed E-state index contributed by atoms with van der Waals surface area (Å²) in [5.74, 6) is 2.70. The number of hydrogen-bond donors (Lipinski definition) is 1. The molecule has 0 saturated carbocycles. The van der Waals surface area contributed by atoms with Crippen LogP contribution in [0.25, 0.3) is 11.0 Å². The molecule has 2 fully saturated rings. The summed E-state index contributed by atoms with van der Waals surface area (Å²) in [6, 6.07) is 6.17. The zero-order valence-corrected chi connectivity index (χ0v) is 18.7. The molecular formula is C24H32N6O. The fourth-order valence-electron chi connectivity index (χ4n) is 4.30. The van der Waals surface area contributed by atoms with Crippen LogP contribution in [0.4, 0.5) is 11.6 Å². The number of rotatable bonds is 4. The highest BCUT2D eigenvalue weighted by atomic mass is 16.3. The summed E-state index contributed by atoms with van der Waals surface area (Å²) in [7, 11) is 0. The molecule has 1 aromatic carbocycles. The van der Waals surface area contributed by atoms with Crippen LogP contribution in [-0.4, -0.2) is 57.8 Å². The van der Waals surface area contributed by atoms with Gasteiger partial charge in [0, 0.05) is 51.1 Å². The minimum Gasteiger partial charge on any atom is -0.396 e. The van der Waals surface area contributed by atoms with Gasteiger partial charge >= 0.3 is 0 Å². The summed E-state index contributed by atoms with van der Waals surface area (Å²) >= 11 is 0. The normalized spacial score (nSPS) is 17.3. The number of aliphatic hydroxyl groups is 1. The molecule has 2 aromatic heterocycles. The van der Waals surface area contributed by atoms with Crippen molar-refractivity contribution in [2.75, 3.05) is 42.6 Å². The maximum atomic E-state index is 9.39. The first-order valence-electron chi connectivity index (χ1n) is 11.4. The van der Waals surface area contributed by atoms with E-state index in [2.05, 4.69) is 43.8 Å². The summed E-state index contributed by atoms with van der Waals surface area (Å²) in [4.78, 5) is 23.3. The molecule has 7 nitrogen and oxygen atoms in total. The number of anilines is 2. The number of piperidine rings is 1. The molecule has 4 heterocycles. The van der Waals surface area contributed by atoms with Crippen molar-refractivity contribution < 1.29 is 5.11 Å². The monoisotopic (exact) mass is 420 g/mol. The van der Waals surface area contributed by atoms with Crippen LogP contribution in [0.3, 0.4) is 0 Å². The lowest BCUT2D eigenvalue weighted by atomic mass is 9.94. The molecule has 0 unspecified atom stereocenters. The third kappa shape index (κ3) is 4.46. The van der Waals surface area contributed by atoms with Crippen molar-refractivity contribution in [2.24, 2.45) is 5.92 Å². The number of benzene rings is 1. The van der Waals surface area contributed by atoms with Crippen LogP contribution < -0.4 is 9.80 Å². The molecule has 0 atom stereocenters. The Kier molecular flexibility index (Phi) is 6.61. The summed E-state index contributed by atoms with van der Waals surface area (Å²) in [6.07, 6.45) is 7.46. The molecular weight excluding hydrogens is 388 g/mol. The van der Waals surface area contributed by atoms with Gasteiger partial charge in [-0.05, 0) is 43.4 Å². The Morgan fingerprint density at radius 2 is 1.71 bits per heavy atom. The Hall–Kier alpha value is -2.80. The van der Waals surface area contributed by atoms with Gasteiger partial charge in [0.1, 0.15) is 5.82 Å². The molecule has 0 radical (unpaired) electrons. The third-order valence-corrected chi connectivity index (χ3v) is 6.16. The van der Waals surface area contributed by atoms with Crippen LogP contribution in [0.2, 0.25) is 0 Å². The van der Waals surface area contributed by atoms with Crippen LogP contribution in [0.1, 0.15) is 43.9 Å². The van der Waals surface area contributed by atoms with E-state index in [1.165, 1.54) is 5.56 Å². The second-order valence-corrected chi connectivity index (χ2v) is 8.20. The number of aryl methyl sites for hydroxylation is 1. The summed E-state index contributed by atoms with van der Waals surface area (Å²) in [5.41, 5.74) is 4.15. The van der Waals surface area contributed by atoms with E-state index in [0.717, 1.165) is 67.4 Å². The molecule has 5 rings (SSSR count). The van der Waals surface area contributed by atoms with Gasteiger partial charge in [0.05, 0.1) is 22.9 Å². The lowest BCUT2D eigenvalue weighted by Crippen LogP contribution is -2.47. The minimum atomic E-state index is 0.283. The quantitative estimate of drug-likeness (QED) is 0.691. The maximum Gasteiger partial charge on any atom is 0.150 e. The smallest absolute Gasteiger partial charge is 0.150 e. The zero-order valence-electron chi connectivity index (χ0n) is 18.7. The van der Waals surface area contributed by atoms with E-state index in [-0.39, 0.29) is 6.61 Å². The first-order chi connectivity index (χ1) is 15.2. The van der Waals surface area contributed by atoms with Gasteiger partial charge in [-0.3, -0.25) is 9.97 Å².